The minimum atomic E-state index is 1.06. The van der Waals surface area contributed by atoms with E-state index in [2.05, 4.69) is 181 Å². The summed E-state index contributed by atoms with van der Waals surface area (Å²) >= 11 is 0. The highest BCUT2D eigenvalue weighted by Crippen LogP contribution is 2.36. The van der Waals surface area contributed by atoms with Crippen molar-refractivity contribution in [1.29, 1.82) is 0 Å². The second kappa shape index (κ2) is 15.6. The van der Waals surface area contributed by atoms with Gasteiger partial charge in [0.05, 0.1) is 0 Å². The molecule has 0 aliphatic carbocycles. The van der Waals surface area contributed by atoms with E-state index < -0.39 is 0 Å². The van der Waals surface area contributed by atoms with Gasteiger partial charge in [0.25, 0.3) is 0 Å². The summed E-state index contributed by atoms with van der Waals surface area (Å²) in [6.45, 7) is 11.7. The summed E-state index contributed by atoms with van der Waals surface area (Å²) in [5.41, 5.74) is 12.8. The summed E-state index contributed by atoms with van der Waals surface area (Å²) in [6.07, 6.45) is 10.0. The van der Waals surface area contributed by atoms with Crippen molar-refractivity contribution in [2.75, 3.05) is 9.80 Å². The second-order valence-electron chi connectivity index (χ2n) is 11.9. The number of hydrogen-bond acceptors (Lipinski definition) is 2. The standard InChI is InChI=1S/C46H42N2/c1-4-36-16-26-42(27-17-36)47(41-14-8-7-9-15-41)45-32-22-39(23-33-45)12-10-11-13-40-24-34-46(35-25-40)48(43-28-18-37(5-2)19-29-43)44-30-20-38(6-3)21-31-44/h4-9,14-35H,1-3,10-13H2. The summed E-state index contributed by atoms with van der Waals surface area (Å²) in [7, 11) is 0. The molecule has 2 heteroatoms. The van der Waals surface area contributed by atoms with Crippen LogP contribution in [0.25, 0.3) is 18.2 Å². The van der Waals surface area contributed by atoms with Crippen LogP contribution in [0.2, 0.25) is 0 Å². The van der Waals surface area contributed by atoms with E-state index in [-0.39, 0.29) is 0 Å². The van der Waals surface area contributed by atoms with E-state index in [1.165, 1.54) is 11.1 Å². The van der Waals surface area contributed by atoms with Gasteiger partial charge in [0.2, 0.25) is 0 Å². The Hall–Kier alpha value is -5.86. The Morgan fingerprint density at radius 2 is 0.604 bits per heavy atom. The van der Waals surface area contributed by atoms with E-state index in [0.717, 1.165) is 76.5 Å². The Bertz CT molecular complexity index is 1870. The molecule has 6 rings (SSSR count). The predicted octanol–water partition coefficient (Wildman–Crippen LogP) is 13.1. The fourth-order valence-corrected chi connectivity index (χ4v) is 6.03. The summed E-state index contributed by atoms with van der Waals surface area (Å²) < 4.78 is 0. The molecule has 48 heavy (non-hydrogen) atoms. The molecule has 0 atom stereocenters. The van der Waals surface area contributed by atoms with Gasteiger partial charge in [0.1, 0.15) is 0 Å². The van der Waals surface area contributed by atoms with Crippen molar-refractivity contribution < 1.29 is 0 Å². The smallest absolute Gasteiger partial charge is 0.0462 e. The van der Waals surface area contributed by atoms with Gasteiger partial charge in [-0.2, -0.15) is 0 Å². The van der Waals surface area contributed by atoms with Crippen molar-refractivity contribution in [2.24, 2.45) is 0 Å². The molecule has 0 aliphatic heterocycles. The van der Waals surface area contributed by atoms with Crippen LogP contribution in [0.4, 0.5) is 34.1 Å². The molecule has 0 bridgehead atoms. The zero-order valence-corrected chi connectivity index (χ0v) is 27.5. The zero-order chi connectivity index (χ0) is 33.1. The van der Waals surface area contributed by atoms with Crippen LogP contribution in [0, 0.1) is 0 Å². The maximum atomic E-state index is 3.91. The van der Waals surface area contributed by atoms with Crippen LogP contribution in [0.3, 0.4) is 0 Å². The summed E-state index contributed by atoms with van der Waals surface area (Å²) in [5, 5.41) is 0. The largest absolute Gasteiger partial charge is 0.311 e. The Kier molecular flexibility index (Phi) is 10.4. The molecule has 0 N–H and O–H groups in total. The number of aryl methyl sites for hydroxylation is 2. The fourth-order valence-electron chi connectivity index (χ4n) is 6.03. The van der Waals surface area contributed by atoms with E-state index in [4.69, 9.17) is 0 Å². The van der Waals surface area contributed by atoms with Gasteiger partial charge < -0.3 is 9.80 Å². The number of nitrogens with zero attached hydrogens (tertiary/aromatic N) is 2. The van der Waals surface area contributed by atoms with Crippen molar-refractivity contribution in [3.8, 4) is 0 Å². The molecular formula is C46H42N2. The SMILES string of the molecule is C=Cc1ccc(N(c2ccccc2)c2ccc(CCCCc3ccc(N(c4ccc(C=C)cc4)c4ccc(C=C)cc4)cc3)cc2)cc1. The number of benzene rings is 6. The number of rotatable bonds is 14. The molecular weight excluding hydrogens is 581 g/mol. The van der Waals surface area contributed by atoms with Gasteiger partial charge in [-0.3, -0.25) is 0 Å². The van der Waals surface area contributed by atoms with Crippen LogP contribution in [0.15, 0.2) is 171 Å². The molecule has 0 spiro atoms. The summed E-state index contributed by atoms with van der Waals surface area (Å²) in [5.74, 6) is 0. The van der Waals surface area contributed by atoms with Crippen molar-refractivity contribution in [3.63, 3.8) is 0 Å². The first-order chi connectivity index (χ1) is 23.6. The van der Waals surface area contributed by atoms with Crippen molar-refractivity contribution >= 4 is 52.4 Å². The first kappa shape index (κ1) is 32.1. The third-order valence-electron chi connectivity index (χ3n) is 8.75. The molecule has 236 valence electrons. The molecule has 0 radical (unpaired) electrons. The maximum absolute atomic E-state index is 3.91. The van der Waals surface area contributed by atoms with Gasteiger partial charge in [-0.05, 0) is 126 Å². The van der Waals surface area contributed by atoms with Gasteiger partial charge in [0, 0.05) is 34.1 Å². The van der Waals surface area contributed by atoms with Crippen LogP contribution >= 0.6 is 0 Å². The summed E-state index contributed by atoms with van der Waals surface area (Å²) in [4.78, 5) is 4.59. The molecule has 0 aliphatic rings. The van der Waals surface area contributed by atoms with Gasteiger partial charge in [-0.25, -0.2) is 0 Å². The van der Waals surface area contributed by atoms with Gasteiger partial charge >= 0.3 is 0 Å². The third-order valence-corrected chi connectivity index (χ3v) is 8.75. The van der Waals surface area contributed by atoms with Crippen LogP contribution in [-0.2, 0) is 12.8 Å². The van der Waals surface area contributed by atoms with Crippen molar-refractivity contribution in [1.82, 2.24) is 0 Å². The number of hydrogen-bond donors (Lipinski definition) is 0. The Balaban J connectivity index is 1.09. The van der Waals surface area contributed by atoms with Crippen LogP contribution < -0.4 is 9.80 Å². The molecule has 0 amide bonds. The first-order valence-electron chi connectivity index (χ1n) is 16.7. The molecule has 6 aromatic carbocycles. The average molecular weight is 623 g/mol. The number of para-hydroxylation sites is 1. The van der Waals surface area contributed by atoms with Crippen molar-refractivity contribution in [3.05, 3.63) is 199 Å². The monoisotopic (exact) mass is 622 g/mol. The molecule has 0 saturated carbocycles. The normalized spacial score (nSPS) is 10.7. The topological polar surface area (TPSA) is 6.48 Å². The van der Waals surface area contributed by atoms with Crippen LogP contribution in [0.5, 0.6) is 0 Å². The molecule has 6 aromatic rings. The predicted molar refractivity (Wildman–Crippen MR) is 209 cm³/mol. The number of anilines is 6. The molecule has 0 unspecified atom stereocenters. The van der Waals surface area contributed by atoms with E-state index in [9.17, 15) is 0 Å². The minimum absolute atomic E-state index is 1.06. The molecule has 0 heterocycles. The highest BCUT2D eigenvalue weighted by atomic mass is 15.1. The second-order valence-corrected chi connectivity index (χ2v) is 11.9. The molecule has 0 fully saturated rings. The van der Waals surface area contributed by atoms with E-state index in [1.807, 2.05) is 18.2 Å². The highest BCUT2D eigenvalue weighted by Gasteiger charge is 2.14. The van der Waals surface area contributed by atoms with Crippen LogP contribution in [-0.4, -0.2) is 0 Å². The Labute approximate surface area is 286 Å². The minimum Gasteiger partial charge on any atom is -0.311 e. The lowest BCUT2D eigenvalue weighted by atomic mass is 10.0. The Morgan fingerprint density at radius 3 is 0.896 bits per heavy atom. The molecule has 0 saturated heterocycles. The maximum Gasteiger partial charge on any atom is 0.0462 e. The third kappa shape index (κ3) is 7.74. The van der Waals surface area contributed by atoms with Crippen molar-refractivity contribution in [2.45, 2.75) is 25.7 Å². The highest BCUT2D eigenvalue weighted by molar-refractivity contribution is 5.78. The Morgan fingerprint density at radius 1 is 0.333 bits per heavy atom. The van der Waals surface area contributed by atoms with Gasteiger partial charge in [-0.15, -0.1) is 0 Å². The van der Waals surface area contributed by atoms with E-state index in [1.54, 1.807) is 0 Å². The van der Waals surface area contributed by atoms with Crippen LogP contribution in [0.1, 0.15) is 40.7 Å². The van der Waals surface area contributed by atoms with E-state index in [0.29, 0.717) is 0 Å². The lowest BCUT2D eigenvalue weighted by molar-refractivity contribution is 0.734. The average Bonchev–Trinajstić information content (AvgIpc) is 3.16. The molecule has 0 aromatic heterocycles. The fraction of sp³-hybridized carbons (Fsp3) is 0.0870. The lowest BCUT2D eigenvalue weighted by Gasteiger charge is -2.26. The van der Waals surface area contributed by atoms with Gasteiger partial charge in [0.15, 0.2) is 0 Å². The zero-order valence-electron chi connectivity index (χ0n) is 27.5. The number of unbranched alkanes of at least 4 members (excludes halogenated alkanes) is 1. The first-order valence-corrected chi connectivity index (χ1v) is 16.7. The van der Waals surface area contributed by atoms with E-state index >= 15 is 0 Å². The summed E-state index contributed by atoms with van der Waals surface area (Å²) in [6, 6.07) is 54.1. The quantitative estimate of drug-likeness (QED) is 0.112. The molecule has 2 nitrogen and oxygen atoms in total. The van der Waals surface area contributed by atoms with Gasteiger partial charge in [-0.1, -0.05) is 117 Å². The lowest BCUT2D eigenvalue weighted by Crippen LogP contribution is -2.10.